The summed E-state index contributed by atoms with van der Waals surface area (Å²) in [5, 5.41) is 0.000000000000000222. The quantitative estimate of drug-likeness (QED) is 0.498. The van der Waals surface area contributed by atoms with Crippen LogP contribution in [0.3, 0.4) is 0 Å². The van der Waals surface area contributed by atoms with Gasteiger partial charge in [0.15, 0.2) is 5.11 Å². The van der Waals surface area contributed by atoms with Crippen molar-refractivity contribution in [1.29, 1.82) is 0 Å². The molecule has 0 aromatic rings. The van der Waals surface area contributed by atoms with E-state index in [9.17, 15) is 0 Å². The second-order valence-corrected chi connectivity index (χ2v) is 5.12. The Hall–Kier alpha value is 0.569. The molecule has 1 aliphatic heterocycles. The van der Waals surface area contributed by atoms with Crippen LogP contribution in [0, 0.1) is 0 Å². The Morgan fingerprint density at radius 2 is 1.45 bits per heavy atom. The first kappa shape index (κ1) is 14.1. The second-order valence-electron chi connectivity index (χ2n) is 2.52. The third-order valence-electron chi connectivity index (χ3n) is 1.50. The van der Waals surface area contributed by atoms with Crippen LogP contribution in [0.2, 0.25) is 12.1 Å². The van der Waals surface area contributed by atoms with Crippen LogP contribution in [0.1, 0.15) is 19.3 Å². The summed E-state index contributed by atoms with van der Waals surface area (Å²) >= 11 is 4.09. The predicted molar refractivity (Wildman–Crippen MR) is 53.0 cm³/mol. The minimum absolute atomic E-state index is 0. The summed E-state index contributed by atoms with van der Waals surface area (Å²) in [5.41, 5.74) is 9.24. The van der Waals surface area contributed by atoms with E-state index >= 15 is 0 Å². The molecule has 1 fully saturated rings. The van der Waals surface area contributed by atoms with E-state index in [1.165, 1.54) is 6.42 Å². The van der Waals surface area contributed by atoms with E-state index in [-0.39, 0.29) is 25.5 Å². The molecule has 0 amide bonds. The standard InChI is InChI=1S/C5H12Si.CH4N2S.Pd/c1-2-4-6-5-3-1;2-1(3)4;/h1-6H2;(H4,2,3,4);. The number of hydrogen-bond donors (Lipinski definition) is 2. The minimum Gasteiger partial charge on any atom is -0.377 e. The topological polar surface area (TPSA) is 52.0 Å². The van der Waals surface area contributed by atoms with Gasteiger partial charge in [0.25, 0.3) is 0 Å². The van der Waals surface area contributed by atoms with Crippen LogP contribution in [-0.2, 0) is 20.4 Å². The molecule has 0 atom stereocenters. The number of nitrogens with two attached hydrogens (primary N) is 2. The molecule has 11 heavy (non-hydrogen) atoms. The minimum atomic E-state index is 0. The summed E-state index contributed by atoms with van der Waals surface area (Å²) < 4.78 is 0. The molecule has 0 radical (unpaired) electrons. The van der Waals surface area contributed by atoms with Crippen LogP contribution in [0.25, 0.3) is 0 Å². The first-order valence-electron chi connectivity index (χ1n) is 3.78. The van der Waals surface area contributed by atoms with Gasteiger partial charge in [0.1, 0.15) is 0 Å². The molecule has 0 unspecified atom stereocenters. The Kier molecular flexibility index (Phi) is 13.6. The van der Waals surface area contributed by atoms with E-state index in [1.807, 2.05) is 0 Å². The van der Waals surface area contributed by atoms with Crippen molar-refractivity contribution in [3.05, 3.63) is 0 Å². The fourth-order valence-electron chi connectivity index (χ4n) is 1.06. The molecule has 5 heteroatoms. The molecule has 1 rings (SSSR count). The average Bonchev–Trinajstić information content (AvgIpc) is 1.90. The summed E-state index contributed by atoms with van der Waals surface area (Å²) in [6, 6.07) is 3.28. The SMILES string of the molecule is C1CC[SiH2]CC1.NC(N)=S.[Pd]. The third-order valence-corrected chi connectivity index (χ3v) is 3.50. The second kappa shape index (κ2) is 10.6. The molecule has 0 aromatic carbocycles. The van der Waals surface area contributed by atoms with Crippen LogP contribution in [0.5, 0.6) is 0 Å². The van der Waals surface area contributed by atoms with Crippen LogP contribution >= 0.6 is 12.2 Å². The molecular formula is C6H16N2PdSSi. The zero-order chi connectivity index (χ0) is 7.82. The van der Waals surface area contributed by atoms with Gasteiger partial charge in [-0.1, -0.05) is 31.4 Å². The Morgan fingerprint density at radius 3 is 1.55 bits per heavy atom. The monoisotopic (exact) mass is 282 g/mol. The van der Waals surface area contributed by atoms with Gasteiger partial charge in [-0.3, -0.25) is 0 Å². The Labute approximate surface area is 90.0 Å². The van der Waals surface area contributed by atoms with Crippen molar-refractivity contribution in [1.82, 2.24) is 0 Å². The van der Waals surface area contributed by atoms with Crippen molar-refractivity contribution >= 4 is 26.8 Å². The van der Waals surface area contributed by atoms with Gasteiger partial charge < -0.3 is 11.5 Å². The van der Waals surface area contributed by atoms with E-state index in [2.05, 4.69) is 23.7 Å². The molecule has 0 aliphatic carbocycles. The summed E-state index contributed by atoms with van der Waals surface area (Å²) in [6.07, 6.45) is 4.66. The number of hydrogen-bond acceptors (Lipinski definition) is 1. The molecule has 0 bridgehead atoms. The fraction of sp³-hybridized carbons (Fsp3) is 0.833. The Morgan fingerprint density at radius 1 is 1.09 bits per heavy atom. The maximum absolute atomic E-state index is 4.62. The number of thiocarbonyl (C=S) groups is 1. The van der Waals surface area contributed by atoms with Crippen molar-refractivity contribution in [3.8, 4) is 0 Å². The third kappa shape index (κ3) is 18.0. The molecule has 0 aromatic heterocycles. The molecule has 4 N–H and O–H groups in total. The summed E-state index contributed by atoms with van der Waals surface area (Å²) in [4.78, 5) is 0. The predicted octanol–water partition coefficient (Wildman–Crippen LogP) is 0.362. The van der Waals surface area contributed by atoms with Crippen molar-refractivity contribution in [2.45, 2.75) is 31.4 Å². The Balaban J connectivity index is 0. The van der Waals surface area contributed by atoms with Gasteiger partial charge in [-0.15, -0.1) is 0 Å². The van der Waals surface area contributed by atoms with Crippen LogP contribution in [-0.4, -0.2) is 14.6 Å². The van der Waals surface area contributed by atoms with E-state index < -0.39 is 0 Å². The molecule has 70 valence electrons. The van der Waals surface area contributed by atoms with Crippen molar-refractivity contribution in [2.24, 2.45) is 11.5 Å². The van der Waals surface area contributed by atoms with E-state index in [4.69, 9.17) is 0 Å². The molecule has 2 nitrogen and oxygen atoms in total. The van der Waals surface area contributed by atoms with Crippen molar-refractivity contribution < 1.29 is 20.4 Å². The van der Waals surface area contributed by atoms with Crippen LogP contribution < -0.4 is 11.5 Å². The maximum atomic E-state index is 4.62. The first-order valence-corrected chi connectivity index (χ1v) is 6.19. The van der Waals surface area contributed by atoms with Gasteiger partial charge in [0, 0.05) is 29.9 Å². The van der Waals surface area contributed by atoms with Gasteiger partial charge in [-0.2, -0.15) is 0 Å². The van der Waals surface area contributed by atoms with Crippen LogP contribution in [0.15, 0.2) is 0 Å². The van der Waals surface area contributed by atoms with Gasteiger partial charge in [-0.25, -0.2) is 0 Å². The fourth-order valence-corrected chi connectivity index (χ4v) is 2.83. The summed E-state index contributed by atoms with van der Waals surface area (Å²) in [6.45, 7) is 0. The smallest absolute Gasteiger partial charge is 0.160 e. The van der Waals surface area contributed by atoms with Gasteiger partial charge in [-0.05, 0) is 12.2 Å². The van der Waals surface area contributed by atoms with Gasteiger partial charge in [0.2, 0.25) is 0 Å². The average molecular weight is 283 g/mol. The van der Waals surface area contributed by atoms with Gasteiger partial charge >= 0.3 is 0 Å². The molecule has 0 saturated carbocycles. The first-order chi connectivity index (χ1) is 4.73. The molecule has 1 saturated heterocycles. The summed E-state index contributed by atoms with van der Waals surface area (Å²) in [7, 11) is 0.508. The normalized spacial score (nSPS) is 15.3. The maximum Gasteiger partial charge on any atom is 0.160 e. The largest absolute Gasteiger partial charge is 0.377 e. The van der Waals surface area contributed by atoms with Crippen LogP contribution in [0.4, 0.5) is 0 Å². The molecule has 1 aliphatic rings. The Bertz CT molecular complexity index is 83.1. The van der Waals surface area contributed by atoms with Gasteiger partial charge in [0.05, 0.1) is 0 Å². The van der Waals surface area contributed by atoms with E-state index in [0.29, 0.717) is 9.52 Å². The molecular weight excluding hydrogens is 267 g/mol. The van der Waals surface area contributed by atoms with Crippen molar-refractivity contribution in [3.63, 3.8) is 0 Å². The zero-order valence-corrected chi connectivity index (χ0v) is 10.4. The molecule has 0 spiro atoms. The zero-order valence-electron chi connectivity index (χ0n) is 6.62. The van der Waals surface area contributed by atoms with E-state index in [0.717, 1.165) is 0 Å². The van der Waals surface area contributed by atoms with E-state index in [1.54, 1.807) is 24.9 Å². The summed E-state index contributed by atoms with van der Waals surface area (Å²) in [5.74, 6) is 0. The molecule has 1 heterocycles. The number of rotatable bonds is 0. The van der Waals surface area contributed by atoms with Crippen molar-refractivity contribution in [2.75, 3.05) is 0 Å².